The van der Waals surface area contributed by atoms with Crippen LogP contribution in [0.5, 0.6) is 0 Å². The number of halogens is 1. The molecule has 0 heterocycles. The van der Waals surface area contributed by atoms with Gasteiger partial charge in [-0.05, 0) is 30.2 Å². The fourth-order valence-corrected chi connectivity index (χ4v) is 2.22. The molecule has 1 amide bonds. The number of alkyl carbamates (subject to hydrolysis) is 1. The molecule has 0 aliphatic carbocycles. The average Bonchev–Trinajstić information content (AvgIpc) is 2.57. The summed E-state index contributed by atoms with van der Waals surface area (Å²) in [6, 6.07) is 15.6. The first-order valence-electron chi connectivity index (χ1n) is 7.35. The van der Waals surface area contributed by atoms with E-state index in [9.17, 15) is 4.79 Å². The lowest BCUT2D eigenvalue weighted by molar-refractivity contribution is 0.140. The molecule has 23 heavy (non-hydrogen) atoms. The predicted molar refractivity (Wildman–Crippen MR) is 95.0 cm³/mol. The summed E-state index contributed by atoms with van der Waals surface area (Å²) in [6.45, 7) is 2.77. The van der Waals surface area contributed by atoms with E-state index in [4.69, 9.17) is 4.74 Å². The highest BCUT2D eigenvalue weighted by atomic mass is 79.9. The Morgan fingerprint density at radius 1 is 1.22 bits per heavy atom. The summed E-state index contributed by atoms with van der Waals surface area (Å²) in [7, 11) is 0. The Labute approximate surface area is 145 Å². The summed E-state index contributed by atoms with van der Waals surface area (Å²) < 4.78 is 6.17. The predicted octanol–water partition coefficient (Wildman–Crippen LogP) is 4.43. The molecule has 0 spiro atoms. The molecule has 2 aromatic carbocycles. The Hall–Kier alpha value is -2.25. The highest BCUT2D eigenvalue weighted by Gasteiger charge is 2.00. The maximum absolute atomic E-state index is 11.5. The van der Waals surface area contributed by atoms with Crippen LogP contribution in [0, 0.1) is 18.8 Å². The molecular formula is C19H18BrNO2. The van der Waals surface area contributed by atoms with Crippen molar-refractivity contribution in [2.75, 3.05) is 6.54 Å². The molecular weight excluding hydrogens is 354 g/mol. The SMILES string of the molecule is Cc1ccc(C#CCCNC(=O)OCc2ccccc2)cc1Br. The average molecular weight is 372 g/mol. The Kier molecular flexibility index (Phi) is 6.71. The van der Waals surface area contributed by atoms with Crippen molar-refractivity contribution in [3.8, 4) is 11.8 Å². The van der Waals surface area contributed by atoms with Crippen molar-refractivity contribution in [1.29, 1.82) is 0 Å². The second-order valence-corrected chi connectivity index (χ2v) is 5.86. The number of nitrogens with one attached hydrogen (secondary N) is 1. The minimum absolute atomic E-state index is 0.274. The highest BCUT2D eigenvalue weighted by Crippen LogP contribution is 2.16. The molecule has 0 unspecified atom stereocenters. The van der Waals surface area contributed by atoms with E-state index in [2.05, 4.69) is 33.1 Å². The zero-order chi connectivity index (χ0) is 16.5. The molecule has 1 N–H and O–H groups in total. The second-order valence-electron chi connectivity index (χ2n) is 5.00. The van der Waals surface area contributed by atoms with Gasteiger partial charge >= 0.3 is 6.09 Å². The minimum Gasteiger partial charge on any atom is -0.445 e. The number of carbonyl (C=O) groups is 1. The van der Waals surface area contributed by atoms with Crippen LogP contribution in [0.25, 0.3) is 0 Å². The second kappa shape index (κ2) is 9.02. The molecule has 0 saturated heterocycles. The van der Waals surface area contributed by atoms with Gasteiger partial charge in [0.15, 0.2) is 0 Å². The van der Waals surface area contributed by atoms with Gasteiger partial charge in [0.25, 0.3) is 0 Å². The van der Waals surface area contributed by atoms with Crippen LogP contribution in [0.1, 0.15) is 23.1 Å². The standard InChI is InChI=1S/C19H18BrNO2/c1-15-10-11-16(13-18(15)20)7-5-6-12-21-19(22)23-14-17-8-3-2-4-9-17/h2-4,8-11,13H,6,12,14H2,1H3,(H,21,22). The summed E-state index contributed by atoms with van der Waals surface area (Å²) in [4.78, 5) is 11.5. The zero-order valence-electron chi connectivity index (χ0n) is 12.9. The van der Waals surface area contributed by atoms with Crippen LogP contribution < -0.4 is 5.32 Å². The van der Waals surface area contributed by atoms with Gasteiger partial charge in [-0.1, -0.05) is 64.2 Å². The minimum atomic E-state index is -0.422. The first-order chi connectivity index (χ1) is 11.1. The first-order valence-corrected chi connectivity index (χ1v) is 8.14. The lowest BCUT2D eigenvalue weighted by Gasteiger charge is -2.05. The zero-order valence-corrected chi connectivity index (χ0v) is 14.5. The van der Waals surface area contributed by atoms with Gasteiger partial charge in [-0.3, -0.25) is 0 Å². The van der Waals surface area contributed by atoms with Crippen molar-refractivity contribution in [1.82, 2.24) is 5.32 Å². The van der Waals surface area contributed by atoms with E-state index in [0.29, 0.717) is 13.0 Å². The first kappa shape index (κ1) is 17.1. The lowest BCUT2D eigenvalue weighted by atomic mass is 10.1. The molecule has 0 aromatic heterocycles. The Bertz CT molecular complexity index is 717. The van der Waals surface area contributed by atoms with Crippen LogP contribution in [-0.4, -0.2) is 12.6 Å². The van der Waals surface area contributed by atoms with E-state index in [1.165, 1.54) is 5.56 Å². The van der Waals surface area contributed by atoms with E-state index in [0.717, 1.165) is 15.6 Å². The third kappa shape index (κ3) is 6.17. The number of amides is 1. The molecule has 2 rings (SSSR count). The Morgan fingerprint density at radius 2 is 2.00 bits per heavy atom. The van der Waals surface area contributed by atoms with Gasteiger partial charge in [0, 0.05) is 23.0 Å². The number of hydrogen-bond donors (Lipinski definition) is 1. The van der Waals surface area contributed by atoms with Crippen LogP contribution in [0.15, 0.2) is 53.0 Å². The van der Waals surface area contributed by atoms with Crippen molar-refractivity contribution >= 4 is 22.0 Å². The molecule has 4 heteroatoms. The lowest BCUT2D eigenvalue weighted by Crippen LogP contribution is -2.24. The van der Waals surface area contributed by atoms with Gasteiger partial charge in [0.1, 0.15) is 6.61 Å². The van der Waals surface area contributed by atoms with E-state index >= 15 is 0 Å². The van der Waals surface area contributed by atoms with Crippen molar-refractivity contribution in [3.05, 3.63) is 69.7 Å². The van der Waals surface area contributed by atoms with E-state index < -0.39 is 6.09 Å². The molecule has 0 atom stereocenters. The smallest absolute Gasteiger partial charge is 0.407 e. The monoisotopic (exact) mass is 371 g/mol. The maximum Gasteiger partial charge on any atom is 0.407 e. The number of benzene rings is 2. The van der Waals surface area contributed by atoms with E-state index in [1.807, 2.05) is 55.5 Å². The van der Waals surface area contributed by atoms with Gasteiger partial charge in [-0.25, -0.2) is 4.79 Å². The summed E-state index contributed by atoms with van der Waals surface area (Å²) in [5.74, 6) is 6.11. The van der Waals surface area contributed by atoms with Crippen LogP contribution in [-0.2, 0) is 11.3 Å². The summed E-state index contributed by atoms with van der Waals surface area (Å²) >= 11 is 3.48. The number of rotatable bonds is 4. The molecule has 0 aliphatic rings. The molecule has 0 fully saturated rings. The van der Waals surface area contributed by atoms with E-state index in [-0.39, 0.29) is 6.61 Å². The van der Waals surface area contributed by atoms with Gasteiger partial charge in [0.05, 0.1) is 0 Å². The number of carbonyl (C=O) groups excluding carboxylic acids is 1. The number of ether oxygens (including phenoxy) is 1. The summed E-state index contributed by atoms with van der Waals surface area (Å²) in [6.07, 6.45) is 0.153. The fraction of sp³-hybridized carbons (Fsp3) is 0.211. The number of aryl methyl sites for hydroxylation is 1. The summed E-state index contributed by atoms with van der Waals surface area (Å²) in [5.41, 5.74) is 3.10. The van der Waals surface area contributed by atoms with Gasteiger partial charge in [-0.15, -0.1) is 0 Å². The van der Waals surface area contributed by atoms with Gasteiger partial charge in [0.2, 0.25) is 0 Å². The molecule has 118 valence electrons. The van der Waals surface area contributed by atoms with Crippen LogP contribution in [0.4, 0.5) is 4.79 Å². The molecule has 0 radical (unpaired) electrons. The van der Waals surface area contributed by atoms with Gasteiger partial charge in [-0.2, -0.15) is 0 Å². The van der Waals surface area contributed by atoms with Gasteiger partial charge < -0.3 is 10.1 Å². The van der Waals surface area contributed by atoms with Crippen LogP contribution in [0.2, 0.25) is 0 Å². The molecule has 2 aromatic rings. The Morgan fingerprint density at radius 3 is 2.74 bits per heavy atom. The third-order valence-electron chi connectivity index (χ3n) is 3.14. The quantitative estimate of drug-likeness (QED) is 0.637. The fourth-order valence-electron chi connectivity index (χ4n) is 1.84. The van der Waals surface area contributed by atoms with E-state index in [1.54, 1.807) is 0 Å². The van der Waals surface area contributed by atoms with Crippen LogP contribution >= 0.6 is 15.9 Å². The van der Waals surface area contributed by atoms with Crippen molar-refractivity contribution in [2.45, 2.75) is 20.0 Å². The largest absolute Gasteiger partial charge is 0.445 e. The van der Waals surface area contributed by atoms with Crippen LogP contribution in [0.3, 0.4) is 0 Å². The molecule has 0 bridgehead atoms. The molecule has 0 aliphatic heterocycles. The number of hydrogen-bond acceptors (Lipinski definition) is 2. The van der Waals surface area contributed by atoms with Crippen molar-refractivity contribution in [2.24, 2.45) is 0 Å². The third-order valence-corrected chi connectivity index (χ3v) is 3.99. The van der Waals surface area contributed by atoms with Crippen molar-refractivity contribution < 1.29 is 9.53 Å². The van der Waals surface area contributed by atoms with Crippen molar-refractivity contribution in [3.63, 3.8) is 0 Å². The highest BCUT2D eigenvalue weighted by molar-refractivity contribution is 9.10. The summed E-state index contributed by atoms with van der Waals surface area (Å²) in [5, 5.41) is 2.69. The molecule has 3 nitrogen and oxygen atoms in total. The Balaban J connectivity index is 1.68. The maximum atomic E-state index is 11.5. The topological polar surface area (TPSA) is 38.3 Å². The normalized spacial score (nSPS) is 9.65. The molecule has 0 saturated carbocycles.